The molecule has 0 saturated heterocycles. The van der Waals surface area contributed by atoms with Crippen LogP contribution in [0.5, 0.6) is 0 Å². The van der Waals surface area contributed by atoms with Crippen molar-refractivity contribution < 1.29 is 18.2 Å². The molecule has 2 fully saturated rings. The topological polar surface area (TPSA) is 81.0 Å². The molecule has 2 aliphatic carbocycles. The number of rotatable bonds is 6. The Bertz CT molecular complexity index is 362. The van der Waals surface area contributed by atoms with Crippen LogP contribution >= 0.6 is 7.82 Å². The Kier molecular flexibility index (Phi) is 6.24. The molecule has 2 rings (SSSR count). The summed E-state index contributed by atoms with van der Waals surface area (Å²) in [5.74, 6) is 0. The van der Waals surface area contributed by atoms with Crippen LogP contribution in [0.2, 0.25) is 0 Å². The molecule has 0 radical (unpaired) electrons. The predicted octanol–water partition coefficient (Wildman–Crippen LogP) is 4.48. The van der Waals surface area contributed by atoms with E-state index in [-0.39, 0.29) is 12.2 Å². The summed E-state index contributed by atoms with van der Waals surface area (Å²) in [6, 6.07) is 1.72. The SMILES string of the molecule is N=C=NOP(=O)(OC1CCCCC1)OC1CCCCC1. The van der Waals surface area contributed by atoms with Crippen molar-refractivity contribution in [3.63, 3.8) is 0 Å². The highest BCUT2D eigenvalue weighted by Crippen LogP contribution is 2.54. The molecule has 2 saturated carbocycles. The van der Waals surface area contributed by atoms with Crippen molar-refractivity contribution in [3.05, 3.63) is 0 Å². The molecule has 0 spiro atoms. The summed E-state index contributed by atoms with van der Waals surface area (Å²) >= 11 is 0. The lowest BCUT2D eigenvalue weighted by Crippen LogP contribution is -2.20. The van der Waals surface area contributed by atoms with Gasteiger partial charge in [-0.1, -0.05) is 38.5 Å². The van der Waals surface area contributed by atoms with Crippen molar-refractivity contribution in [1.29, 1.82) is 5.41 Å². The van der Waals surface area contributed by atoms with Gasteiger partial charge in [0.05, 0.1) is 12.2 Å². The van der Waals surface area contributed by atoms with Crippen molar-refractivity contribution in [2.45, 2.75) is 76.4 Å². The lowest BCUT2D eigenvalue weighted by atomic mass is 9.98. The van der Waals surface area contributed by atoms with Gasteiger partial charge in [0.2, 0.25) is 0 Å². The molecule has 2 aliphatic rings. The fourth-order valence-corrected chi connectivity index (χ4v) is 4.26. The smallest absolute Gasteiger partial charge is 0.282 e. The Morgan fingerprint density at radius 1 is 0.900 bits per heavy atom. The van der Waals surface area contributed by atoms with Crippen LogP contribution in [0.1, 0.15) is 64.2 Å². The van der Waals surface area contributed by atoms with Crippen LogP contribution in [0, 0.1) is 5.41 Å². The van der Waals surface area contributed by atoms with E-state index in [9.17, 15) is 4.57 Å². The number of hydrogen-bond donors (Lipinski definition) is 1. The molecule has 0 aromatic carbocycles. The van der Waals surface area contributed by atoms with Crippen LogP contribution in [0.4, 0.5) is 0 Å². The zero-order valence-electron chi connectivity index (χ0n) is 11.8. The molecule has 0 heterocycles. The Morgan fingerprint density at radius 2 is 1.35 bits per heavy atom. The van der Waals surface area contributed by atoms with Gasteiger partial charge in [-0.05, 0) is 30.8 Å². The van der Waals surface area contributed by atoms with Gasteiger partial charge in [0.15, 0.2) is 0 Å². The lowest BCUT2D eigenvalue weighted by molar-refractivity contribution is 0.0315. The van der Waals surface area contributed by atoms with Gasteiger partial charge >= 0.3 is 7.82 Å². The molecular weight excluding hydrogens is 279 g/mol. The Morgan fingerprint density at radius 3 is 1.75 bits per heavy atom. The largest absolute Gasteiger partial charge is 0.551 e. The maximum Gasteiger partial charge on any atom is 0.551 e. The number of nitrogens with one attached hydrogen (secondary N) is 1. The predicted molar refractivity (Wildman–Crippen MR) is 74.8 cm³/mol. The molecule has 6 nitrogen and oxygen atoms in total. The molecule has 0 aliphatic heterocycles. The van der Waals surface area contributed by atoms with Gasteiger partial charge in [-0.25, -0.2) is 9.97 Å². The molecule has 7 heteroatoms. The minimum atomic E-state index is -3.72. The number of nitrogens with zero attached hydrogens (tertiary/aromatic N) is 1. The third kappa shape index (κ3) is 5.02. The fraction of sp³-hybridized carbons (Fsp3) is 0.923. The van der Waals surface area contributed by atoms with E-state index in [0.717, 1.165) is 51.4 Å². The van der Waals surface area contributed by atoms with Crippen molar-refractivity contribution in [3.8, 4) is 0 Å². The highest BCUT2D eigenvalue weighted by Gasteiger charge is 2.36. The van der Waals surface area contributed by atoms with Crippen LogP contribution in [-0.4, -0.2) is 18.2 Å². The zero-order valence-corrected chi connectivity index (χ0v) is 12.6. The highest BCUT2D eigenvalue weighted by molar-refractivity contribution is 7.48. The van der Waals surface area contributed by atoms with Gasteiger partial charge in [-0.3, -0.25) is 13.7 Å². The van der Waals surface area contributed by atoms with Gasteiger partial charge in [0, 0.05) is 0 Å². The summed E-state index contributed by atoms with van der Waals surface area (Å²) in [5.41, 5.74) is 0. The van der Waals surface area contributed by atoms with E-state index in [1.165, 1.54) is 12.8 Å². The van der Waals surface area contributed by atoms with Crippen LogP contribution in [0.15, 0.2) is 5.16 Å². The highest BCUT2D eigenvalue weighted by atomic mass is 31.2. The second-order valence-electron chi connectivity index (χ2n) is 5.46. The monoisotopic (exact) mass is 302 g/mol. The Hall–Kier alpha value is -0.670. The van der Waals surface area contributed by atoms with Crippen LogP contribution in [0.3, 0.4) is 0 Å². The summed E-state index contributed by atoms with van der Waals surface area (Å²) in [6.07, 6.45) is 9.95. The minimum absolute atomic E-state index is 0.0980. The maximum absolute atomic E-state index is 12.6. The van der Waals surface area contributed by atoms with Gasteiger partial charge in [-0.15, -0.1) is 0 Å². The van der Waals surface area contributed by atoms with E-state index in [1.807, 2.05) is 0 Å². The molecule has 0 unspecified atom stereocenters. The summed E-state index contributed by atoms with van der Waals surface area (Å²) in [7, 11) is -3.72. The van der Waals surface area contributed by atoms with E-state index >= 15 is 0 Å². The van der Waals surface area contributed by atoms with Crippen molar-refractivity contribution >= 4 is 13.8 Å². The summed E-state index contributed by atoms with van der Waals surface area (Å²) < 4.78 is 28.6. The Labute approximate surface area is 120 Å². The molecule has 20 heavy (non-hydrogen) atoms. The van der Waals surface area contributed by atoms with Crippen LogP contribution in [-0.2, 0) is 18.2 Å². The summed E-state index contributed by atoms with van der Waals surface area (Å²) in [4.78, 5) is 0. The van der Waals surface area contributed by atoms with Crippen LogP contribution in [0.25, 0.3) is 0 Å². The van der Waals surface area contributed by atoms with E-state index in [4.69, 9.17) is 19.1 Å². The van der Waals surface area contributed by atoms with E-state index in [0.29, 0.717) is 0 Å². The average molecular weight is 302 g/mol. The second kappa shape index (κ2) is 7.94. The van der Waals surface area contributed by atoms with Gasteiger partial charge < -0.3 is 0 Å². The van der Waals surface area contributed by atoms with Crippen LogP contribution < -0.4 is 0 Å². The van der Waals surface area contributed by atoms with E-state index < -0.39 is 7.82 Å². The first-order valence-electron chi connectivity index (χ1n) is 7.49. The molecule has 0 bridgehead atoms. The molecule has 0 amide bonds. The van der Waals surface area contributed by atoms with Gasteiger partial charge in [0.25, 0.3) is 0 Å². The zero-order chi connectivity index (χ0) is 14.3. The molecule has 1 N–H and O–H groups in total. The molecular formula is C13H23N2O4P. The maximum atomic E-state index is 12.6. The summed E-state index contributed by atoms with van der Waals surface area (Å²) in [5, 5.41) is 9.93. The number of hydrogen-bond acceptors (Lipinski definition) is 6. The van der Waals surface area contributed by atoms with Gasteiger partial charge in [0.1, 0.15) is 6.01 Å². The first-order chi connectivity index (χ1) is 9.72. The van der Waals surface area contributed by atoms with E-state index in [1.54, 1.807) is 6.01 Å². The first kappa shape index (κ1) is 15.7. The molecule has 114 valence electrons. The third-order valence-corrected chi connectivity index (χ3v) is 5.24. The molecule has 0 aromatic rings. The van der Waals surface area contributed by atoms with E-state index in [2.05, 4.69) is 5.16 Å². The third-order valence-electron chi connectivity index (χ3n) is 3.85. The average Bonchev–Trinajstić information content (AvgIpc) is 2.47. The van der Waals surface area contributed by atoms with Gasteiger partial charge in [-0.2, -0.15) is 0 Å². The second-order valence-corrected chi connectivity index (χ2v) is 6.94. The normalized spacial score (nSPS) is 22.2. The molecule has 0 aromatic heterocycles. The molecule has 0 atom stereocenters. The van der Waals surface area contributed by atoms with Crippen molar-refractivity contribution in [2.75, 3.05) is 0 Å². The minimum Gasteiger partial charge on any atom is -0.282 e. The summed E-state index contributed by atoms with van der Waals surface area (Å²) in [6.45, 7) is 0. The standard InChI is InChI=1S/C13H23N2O4P/c14-11-15-19-20(16,17-12-7-3-1-4-8-12)18-13-9-5-2-6-10-13/h12-14H,1-10H2. The Balaban J connectivity index is 1.95. The quantitative estimate of drug-likeness (QED) is 0.445. The number of phosphoric ester groups is 1. The van der Waals surface area contributed by atoms with Crippen molar-refractivity contribution in [1.82, 2.24) is 0 Å². The first-order valence-corrected chi connectivity index (χ1v) is 8.95. The fourth-order valence-electron chi connectivity index (χ4n) is 2.84. The van der Waals surface area contributed by atoms with Crippen molar-refractivity contribution in [2.24, 2.45) is 5.16 Å². The number of phosphoric acid groups is 1. The lowest BCUT2D eigenvalue weighted by Gasteiger charge is -2.28.